The molecule has 1 aromatic heterocycles. The molecule has 0 aliphatic carbocycles. The van der Waals surface area contributed by atoms with Crippen LogP contribution in [0.4, 0.5) is 4.39 Å². The van der Waals surface area contributed by atoms with Crippen molar-refractivity contribution in [2.75, 3.05) is 0 Å². The fraction of sp³-hybridized carbons (Fsp3) is 0.208. The molecule has 0 amide bonds. The highest BCUT2D eigenvalue weighted by Crippen LogP contribution is 2.42. The van der Waals surface area contributed by atoms with E-state index in [0.29, 0.717) is 0 Å². The van der Waals surface area contributed by atoms with Crippen molar-refractivity contribution in [1.29, 1.82) is 0 Å². The first-order chi connectivity index (χ1) is 12.8. The minimum atomic E-state index is -0.253. The van der Waals surface area contributed by atoms with Crippen LogP contribution in [0.2, 0.25) is 0 Å². The van der Waals surface area contributed by atoms with Crippen LogP contribution in [-0.2, 0) is 0 Å². The van der Waals surface area contributed by atoms with Gasteiger partial charge in [-0.1, -0.05) is 58.2 Å². The van der Waals surface area contributed by atoms with Crippen LogP contribution in [0, 0.1) is 11.2 Å². The monoisotopic (exact) mass is 360 g/mol. The predicted octanol–water partition coefficient (Wildman–Crippen LogP) is 6.59. The Bertz CT molecular complexity index is 1000. The number of aromatic nitrogens is 2. The topological polar surface area (TPSA) is 17.8 Å². The summed E-state index contributed by atoms with van der Waals surface area (Å²) in [6.45, 7) is 14.5. The van der Waals surface area contributed by atoms with Crippen molar-refractivity contribution in [3.05, 3.63) is 97.0 Å². The fourth-order valence-electron chi connectivity index (χ4n) is 3.63. The molecule has 0 aliphatic heterocycles. The maximum atomic E-state index is 13.2. The van der Waals surface area contributed by atoms with E-state index in [1.165, 1.54) is 17.7 Å². The smallest absolute Gasteiger partial charge is 0.123 e. The van der Waals surface area contributed by atoms with Gasteiger partial charge >= 0.3 is 0 Å². The van der Waals surface area contributed by atoms with Crippen LogP contribution in [0.3, 0.4) is 0 Å². The Balaban J connectivity index is 2.11. The van der Waals surface area contributed by atoms with Crippen molar-refractivity contribution in [3.8, 4) is 5.69 Å². The summed E-state index contributed by atoms with van der Waals surface area (Å²) in [5.74, 6) is -0.0666. The molecule has 0 bridgehead atoms. The number of hydrogen-bond acceptors (Lipinski definition) is 1. The zero-order valence-corrected chi connectivity index (χ0v) is 16.1. The van der Waals surface area contributed by atoms with Crippen molar-refractivity contribution in [1.82, 2.24) is 9.78 Å². The molecule has 0 fully saturated rings. The Labute approximate surface area is 160 Å². The lowest BCUT2D eigenvalue weighted by Gasteiger charge is -2.32. The molecule has 3 rings (SSSR count). The Morgan fingerprint density at radius 2 is 1.81 bits per heavy atom. The summed E-state index contributed by atoms with van der Waals surface area (Å²) in [7, 11) is 0. The lowest BCUT2D eigenvalue weighted by Crippen LogP contribution is -2.20. The number of benzene rings is 2. The number of rotatable bonds is 5. The van der Waals surface area contributed by atoms with Gasteiger partial charge in [0.05, 0.1) is 17.4 Å². The average molecular weight is 360 g/mol. The van der Waals surface area contributed by atoms with Gasteiger partial charge < -0.3 is 0 Å². The minimum Gasteiger partial charge on any atom is -0.233 e. The molecule has 27 heavy (non-hydrogen) atoms. The molecule has 0 radical (unpaired) electrons. The maximum Gasteiger partial charge on any atom is 0.123 e. The van der Waals surface area contributed by atoms with Gasteiger partial charge in [-0.15, -0.1) is 0 Å². The van der Waals surface area contributed by atoms with Crippen molar-refractivity contribution < 1.29 is 4.39 Å². The Morgan fingerprint density at radius 1 is 1.11 bits per heavy atom. The fourth-order valence-corrected chi connectivity index (χ4v) is 3.63. The van der Waals surface area contributed by atoms with Crippen molar-refractivity contribution in [3.63, 3.8) is 0 Å². The standard InChI is InChI=1S/C24H25FN2/c1-6-8-17(7-2)23(24(3,4)5)18-9-14-22-19(15-18)16-26-27(22)21-12-10-20(25)11-13-21/h6-16,23H,1-2H2,3-5H3/b17-8+. The molecule has 2 nitrogen and oxygen atoms in total. The van der Waals surface area contributed by atoms with Gasteiger partial charge in [0.25, 0.3) is 0 Å². The van der Waals surface area contributed by atoms with E-state index < -0.39 is 0 Å². The molecule has 0 N–H and O–H groups in total. The van der Waals surface area contributed by atoms with Crippen molar-refractivity contribution in [2.24, 2.45) is 5.41 Å². The second-order valence-corrected chi connectivity index (χ2v) is 7.76. The summed E-state index contributed by atoms with van der Waals surface area (Å²) < 4.78 is 15.0. The first-order valence-electron chi connectivity index (χ1n) is 9.04. The summed E-state index contributed by atoms with van der Waals surface area (Å²) in [4.78, 5) is 0. The highest BCUT2D eigenvalue weighted by molar-refractivity contribution is 5.81. The molecule has 3 heteroatoms. The summed E-state index contributed by atoms with van der Waals surface area (Å²) >= 11 is 0. The van der Waals surface area contributed by atoms with Crippen LogP contribution in [0.5, 0.6) is 0 Å². The average Bonchev–Trinajstić information content (AvgIpc) is 3.04. The molecule has 3 aromatic rings. The molecular weight excluding hydrogens is 335 g/mol. The lowest BCUT2D eigenvalue weighted by molar-refractivity contribution is 0.358. The first kappa shape index (κ1) is 18.8. The van der Waals surface area contributed by atoms with Crippen LogP contribution in [0.15, 0.2) is 85.6 Å². The van der Waals surface area contributed by atoms with E-state index in [9.17, 15) is 4.39 Å². The van der Waals surface area contributed by atoms with Gasteiger partial charge in [0.15, 0.2) is 0 Å². The molecule has 2 aromatic carbocycles. The highest BCUT2D eigenvalue weighted by atomic mass is 19.1. The Hall–Kier alpha value is -2.94. The summed E-state index contributed by atoms with van der Waals surface area (Å²) in [6.07, 6.45) is 7.59. The van der Waals surface area contributed by atoms with Crippen molar-refractivity contribution in [2.45, 2.75) is 26.7 Å². The molecule has 0 saturated carbocycles. The van der Waals surface area contributed by atoms with Crippen LogP contribution < -0.4 is 0 Å². The van der Waals surface area contributed by atoms with Gasteiger partial charge in [-0.25, -0.2) is 9.07 Å². The Morgan fingerprint density at radius 3 is 2.41 bits per heavy atom. The molecule has 0 spiro atoms. The molecule has 1 atom stereocenters. The van der Waals surface area contributed by atoms with Gasteiger partial charge in [-0.05, 0) is 52.9 Å². The number of nitrogens with zero attached hydrogens (tertiary/aromatic N) is 2. The van der Waals surface area contributed by atoms with E-state index in [2.05, 4.69) is 57.2 Å². The van der Waals surface area contributed by atoms with Crippen LogP contribution >= 0.6 is 0 Å². The minimum absolute atomic E-state index is 0.0175. The Kier molecular flexibility index (Phi) is 5.13. The third kappa shape index (κ3) is 3.77. The second kappa shape index (κ2) is 7.36. The van der Waals surface area contributed by atoms with E-state index in [0.717, 1.165) is 22.2 Å². The SMILES string of the molecule is C=C/C=C(\C=C)C(c1ccc2c(cnn2-c2ccc(F)cc2)c1)C(C)(C)C. The number of allylic oxidation sites excluding steroid dienone is 4. The van der Waals surface area contributed by atoms with E-state index in [4.69, 9.17) is 0 Å². The highest BCUT2D eigenvalue weighted by Gasteiger charge is 2.28. The zero-order valence-electron chi connectivity index (χ0n) is 16.1. The van der Waals surface area contributed by atoms with E-state index in [1.807, 2.05) is 23.0 Å². The number of fused-ring (bicyclic) bond motifs is 1. The number of hydrogen-bond donors (Lipinski definition) is 0. The van der Waals surface area contributed by atoms with Gasteiger partial charge in [-0.2, -0.15) is 5.10 Å². The van der Waals surface area contributed by atoms with Crippen LogP contribution in [0.25, 0.3) is 16.6 Å². The molecule has 1 heterocycles. The third-order valence-electron chi connectivity index (χ3n) is 4.74. The quantitative estimate of drug-likeness (QED) is 0.469. The third-order valence-corrected chi connectivity index (χ3v) is 4.74. The second-order valence-electron chi connectivity index (χ2n) is 7.76. The predicted molar refractivity (Wildman–Crippen MR) is 112 cm³/mol. The summed E-state index contributed by atoms with van der Waals surface area (Å²) in [5.41, 5.74) is 4.20. The first-order valence-corrected chi connectivity index (χ1v) is 9.04. The largest absolute Gasteiger partial charge is 0.233 e. The molecular formula is C24H25FN2. The van der Waals surface area contributed by atoms with Gasteiger partial charge in [0.2, 0.25) is 0 Å². The normalized spacial score (nSPS) is 13.6. The lowest BCUT2D eigenvalue weighted by atomic mass is 9.72. The van der Waals surface area contributed by atoms with Crippen molar-refractivity contribution >= 4 is 10.9 Å². The van der Waals surface area contributed by atoms with E-state index >= 15 is 0 Å². The van der Waals surface area contributed by atoms with Crippen LogP contribution in [0.1, 0.15) is 32.3 Å². The molecule has 1 unspecified atom stereocenters. The van der Waals surface area contributed by atoms with E-state index in [-0.39, 0.29) is 17.2 Å². The van der Waals surface area contributed by atoms with Gasteiger partial charge in [0, 0.05) is 11.3 Å². The summed E-state index contributed by atoms with van der Waals surface area (Å²) in [5, 5.41) is 5.55. The van der Waals surface area contributed by atoms with E-state index in [1.54, 1.807) is 18.2 Å². The van der Waals surface area contributed by atoms with Gasteiger partial charge in [0.1, 0.15) is 5.82 Å². The summed E-state index contributed by atoms with van der Waals surface area (Å²) in [6, 6.07) is 12.8. The van der Waals surface area contributed by atoms with Gasteiger partial charge in [-0.3, -0.25) is 0 Å². The zero-order chi connectivity index (χ0) is 19.6. The molecule has 0 saturated heterocycles. The van der Waals surface area contributed by atoms with Crippen LogP contribution in [-0.4, -0.2) is 9.78 Å². The number of halogens is 1. The maximum absolute atomic E-state index is 13.2. The molecule has 138 valence electrons. The molecule has 0 aliphatic rings.